The van der Waals surface area contributed by atoms with Crippen molar-refractivity contribution in [2.24, 2.45) is 0 Å². The normalized spacial score (nSPS) is 15.1. The number of hydrogen-bond acceptors (Lipinski definition) is 5. The van der Waals surface area contributed by atoms with E-state index in [4.69, 9.17) is 10.5 Å². The number of carbonyl (C=O) groups excluding carboxylic acids is 1. The van der Waals surface area contributed by atoms with Crippen molar-refractivity contribution in [3.05, 3.63) is 48.0 Å². The van der Waals surface area contributed by atoms with Crippen LogP contribution in [0.5, 0.6) is 5.75 Å². The molecule has 6 N–H and O–H groups in total. The van der Waals surface area contributed by atoms with Crippen molar-refractivity contribution >= 4 is 23.1 Å². The SMILES string of the molecule is COc1ccc(NC=C2NC(=O)c3cc[nH]c3N2)c(N)c1. The van der Waals surface area contributed by atoms with E-state index in [1.165, 1.54) is 0 Å². The monoisotopic (exact) mass is 285 g/mol. The van der Waals surface area contributed by atoms with E-state index in [9.17, 15) is 4.79 Å². The van der Waals surface area contributed by atoms with Gasteiger partial charge in [0.15, 0.2) is 0 Å². The number of carbonyl (C=O) groups is 1. The zero-order valence-corrected chi connectivity index (χ0v) is 11.4. The summed E-state index contributed by atoms with van der Waals surface area (Å²) in [7, 11) is 1.58. The molecule has 0 bridgehead atoms. The molecule has 0 unspecified atom stereocenters. The van der Waals surface area contributed by atoms with Crippen molar-refractivity contribution in [2.45, 2.75) is 0 Å². The van der Waals surface area contributed by atoms with E-state index in [2.05, 4.69) is 20.9 Å². The van der Waals surface area contributed by atoms with Crippen LogP contribution in [-0.4, -0.2) is 18.0 Å². The first-order chi connectivity index (χ1) is 10.2. The lowest BCUT2D eigenvalue weighted by Gasteiger charge is -2.18. The Morgan fingerprint density at radius 3 is 2.90 bits per heavy atom. The number of rotatable bonds is 3. The number of nitrogen functional groups attached to an aromatic ring is 1. The Hall–Kier alpha value is -3.09. The summed E-state index contributed by atoms with van der Waals surface area (Å²) in [5.41, 5.74) is 7.76. The van der Waals surface area contributed by atoms with Crippen LogP contribution >= 0.6 is 0 Å². The number of methoxy groups -OCH3 is 1. The Labute approximate surface area is 121 Å². The van der Waals surface area contributed by atoms with Gasteiger partial charge in [-0.25, -0.2) is 0 Å². The third-order valence-electron chi connectivity index (χ3n) is 3.13. The van der Waals surface area contributed by atoms with Gasteiger partial charge in [-0.05, 0) is 18.2 Å². The largest absolute Gasteiger partial charge is 0.497 e. The quantitative estimate of drug-likeness (QED) is 0.552. The molecule has 0 radical (unpaired) electrons. The highest BCUT2D eigenvalue weighted by atomic mass is 16.5. The highest BCUT2D eigenvalue weighted by molar-refractivity contribution is 6.02. The fourth-order valence-electron chi connectivity index (χ4n) is 2.04. The molecule has 0 spiro atoms. The lowest BCUT2D eigenvalue weighted by molar-refractivity contribution is 0.0964. The summed E-state index contributed by atoms with van der Waals surface area (Å²) in [4.78, 5) is 14.8. The van der Waals surface area contributed by atoms with E-state index in [0.717, 1.165) is 5.69 Å². The molecule has 0 saturated heterocycles. The van der Waals surface area contributed by atoms with E-state index in [0.29, 0.717) is 28.6 Å². The Bertz CT molecular complexity index is 720. The van der Waals surface area contributed by atoms with Crippen LogP contribution in [0.2, 0.25) is 0 Å². The molecule has 0 atom stereocenters. The number of H-pyrrole nitrogens is 1. The van der Waals surface area contributed by atoms with Crippen molar-refractivity contribution in [3.63, 3.8) is 0 Å². The molecule has 0 saturated carbocycles. The van der Waals surface area contributed by atoms with Gasteiger partial charge in [0.2, 0.25) is 0 Å². The van der Waals surface area contributed by atoms with Crippen molar-refractivity contribution in [3.8, 4) is 5.75 Å². The average Bonchev–Trinajstić information content (AvgIpc) is 2.95. The number of aromatic amines is 1. The minimum absolute atomic E-state index is 0.166. The zero-order chi connectivity index (χ0) is 14.8. The Morgan fingerprint density at radius 1 is 1.29 bits per heavy atom. The van der Waals surface area contributed by atoms with Gasteiger partial charge in [-0.2, -0.15) is 0 Å². The summed E-state index contributed by atoms with van der Waals surface area (Å²) < 4.78 is 5.09. The van der Waals surface area contributed by atoms with Gasteiger partial charge in [0, 0.05) is 18.5 Å². The highest BCUT2D eigenvalue weighted by Gasteiger charge is 2.20. The lowest BCUT2D eigenvalue weighted by atomic mass is 10.2. The minimum atomic E-state index is -0.166. The van der Waals surface area contributed by atoms with Crippen molar-refractivity contribution in [1.29, 1.82) is 0 Å². The maximum atomic E-state index is 11.8. The molecule has 7 heteroatoms. The van der Waals surface area contributed by atoms with E-state index >= 15 is 0 Å². The van der Waals surface area contributed by atoms with Crippen LogP contribution in [0.3, 0.4) is 0 Å². The van der Waals surface area contributed by atoms with E-state index < -0.39 is 0 Å². The third kappa shape index (κ3) is 2.48. The van der Waals surface area contributed by atoms with Gasteiger partial charge in [0.25, 0.3) is 5.91 Å². The maximum Gasteiger partial charge on any atom is 0.260 e. The Balaban J connectivity index is 1.77. The summed E-state index contributed by atoms with van der Waals surface area (Å²) in [6.45, 7) is 0. The molecule has 1 amide bonds. The summed E-state index contributed by atoms with van der Waals surface area (Å²) >= 11 is 0. The third-order valence-corrected chi connectivity index (χ3v) is 3.13. The molecule has 3 rings (SSSR count). The molecule has 1 aromatic heterocycles. The number of hydrogen-bond donors (Lipinski definition) is 5. The fourth-order valence-corrected chi connectivity index (χ4v) is 2.04. The molecule has 7 nitrogen and oxygen atoms in total. The number of nitrogens with two attached hydrogens (primary N) is 1. The van der Waals surface area contributed by atoms with Gasteiger partial charge >= 0.3 is 0 Å². The topological polar surface area (TPSA) is 104 Å². The van der Waals surface area contributed by atoms with Gasteiger partial charge in [0.05, 0.1) is 24.0 Å². The zero-order valence-electron chi connectivity index (χ0n) is 11.4. The highest BCUT2D eigenvalue weighted by Crippen LogP contribution is 2.24. The number of nitrogens with one attached hydrogen (secondary N) is 4. The van der Waals surface area contributed by atoms with Crippen LogP contribution in [0, 0.1) is 0 Å². The van der Waals surface area contributed by atoms with Crippen LogP contribution in [-0.2, 0) is 0 Å². The first-order valence-corrected chi connectivity index (χ1v) is 6.33. The molecule has 1 aromatic carbocycles. The second-order valence-corrected chi connectivity index (χ2v) is 4.50. The van der Waals surface area contributed by atoms with Crippen molar-refractivity contribution in [1.82, 2.24) is 10.3 Å². The van der Waals surface area contributed by atoms with E-state index in [1.807, 2.05) is 0 Å². The standard InChI is InChI=1S/C14H15N5O2/c1-21-8-2-3-11(10(15)6-8)17-7-12-18-13-9(4-5-16-13)14(20)19-12/h2-7,16-18H,15H2,1H3,(H,19,20). The summed E-state index contributed by atoms with van der Waals surface area (Å²) in [6.07, 6.45) is 3.34. The number of ether oxygens (including phenoxy) is 1. The van der Waals surface area contributed by atoms with Gasteiger partial charge in [-0.1, -0.05) is 0 Å². The molecule has 2 aromatic rings. The van der Waals surface area contributed by atoms with Crippen LogP contribution in [0.1, 0.15) is 10.4 Å². The maximum absolute atomic E-state index is 11.8. The first-order valence-electron chi connectivity index (χ1n) is 6.33. The molecule has 0 aliphatic carbocycles. The fraction of sp³-hybridized carbons (Fsp3) is 0.0714. The first kappa shape index (κ1) is 12.9. The summed E-state index contributed by atoms with van der Waals surface area (Å²) in [5, 5.41) is 8.84. The summed E-state index contributed by atoms with van der Waals surface area (Å²) in [6, 6.07) is 7.03. The summed E-state index contributed by atoms with van der Waals surface area (Å²) in [5.74, 6) is 1.71. The van der Waals surface area contributed by atoms with Gasteiger partial charge < -0.3 is 31.4 Å². The molecule has 2 heterocycles. The van der Waals surface area contributed by atoms with Gasteiger partial charge in [0.1, 0.15) is 17.4 Å². The number of benzene rings is 1. The molecule has 1 aliphatic rings. The van der Waals surface area contributed by atoms with Crippen LogP contribution in [0.15, 0.2) is 42.5 Å². The van der Waals surface area contributed by atoms with Crippen molar-refractivity contribution in [2.75, 3.05) is 23.5 Å². The Kier molecular flexibility index (Phi) is 3.15. The molecule has 0 fully saturated rings. The molecule has 108 valence electrons. The average molecular weight is 285 g/mol. The number of aromatic nitrogens is 1. The second-order valence-electron chi connectivity index (χ2n) is 4.50. The van der Waals surface area contributed by atoms with E-state index in [-0.39, 0.29) is 5.91 Å². The number of anilines is 3. The molecular weight excluding hydrogens is 270 g/mol. The van der Waals surface area contributed by atoms with Crippen LogP contribution in [0.4, 0.5) is 17.2 Å². The molecular formula is C14H15N5O2. The molecule has 21 heavy (non-hydrogen) atoms. The number of fused-ring (bicyclic) bond motifs is 1. The van der Waals surface area contributed by atoms with Gasteiger partial charge in [-0.15, -0.1) is 0 Å². The smallest absolute Gasteiger partial charge is 0.260 e. The van der Waals surface area contributed by atoms with Crippen LogP contribution in [0.25, 0.3) is 0 Å². The lowest BCUT2D eigenvalue weighted by Crippen LogP contribution is -2.32. The van der Waals surface area contributed by atoms with Gasteiger partial charge in [-0.3, -0.25) is 4.79 Å². The second kappa shape index (κ2) is 5.12. The van der Waals surface area contributed by atoms with Crippen LogP contribution < -0.4 is 26.4 Å². The predicted octanol–water partition coefficient (Wildman–Crippen LogP) is 1.67. The Morgan fingerprint density at radius 2 is 2.14 bits per heavy atom. The van der Waals surface area contributed by atoms with E-state index in [1.54, 1.807) is 43.8 Å². The van der Waals surface area contributed by atoms with Crippen molar-refractivity contribution < 1.29 is 9.53 Å². The minimum Gasteiger partial charge on any atom is -0.497 e. The molecule has 1 aliphatic heterocycles. The number of amides is 1. The predicted molar refractivity (Wildman–Crippen MR) is 81.0 cm³/mol.